The van der Waals surface area contributed by atoms with Gasteiger partial charge in [-0.3, -0.25) is 19.7 Å². The SMILES string of the molecule is O=C1CCC(N2Cc3c(NC4(CCC5CC5)CCC(NCc5nccs5)CC4)cccc3C2=O)C(=O)N1. The van der Waals surface area contributed by atoms with Crippen molar-refractivity contribution in [3.63, 3.8) is 0 Å². The van der Waals surface area contributed by atoms with Gasteiger partial charge in [-0.25, -0.2) is 4.98 Å². The van der Waals surface area contributed by atoms with Crippen LogP contribution in [-0.4, -0.2) is 45.2 Å². The second kappa shape index (κ2) is 10.2. The van der Waals surface area contributed by atoms with Crippen molar-refractivity contribution in [3.05, 3.63) is 45.9 Å². The molecule has 37 heavy (non-hydrogen) atoms. The topological polar surface area (TPSA) is 103 Å². The summed E-state index contributed by atoms with van der Waals surface area (Å²) in [5.74, 6) is 0.124. The maximum atomic E-state index is 13.3. The summed E-state index contributed by atoms with van der Waals surface area (Å²) in [6, 6.07) is 5.80. The number of benzene rings is 1. The van der Waals surface area contributed by atoms with Crippen LogP contribution in [0.5, 0.6) is 0 Å². The summed E-state index contributed by atoms with van der Waals surface area (Å²) in [6.07, 6.45) is 12.0. The van der Waals surface area contributed by atoms with Crippen molar-refractivity contribution in [2.75, 3.05) is 5.32 Å². The van der Waals surface area contributed by atoms with Gasteiger partial charge >= 0.3 is 0 Å². The summed E-state index contributed by atoms with van der Waals surface area (Å²) >= 11 is 1.69. The predicted octanol–water partition coefficient (Wildman–Crippen LogP) is 3.98. The molecule has 8 nitrogen and oxygen atoms in total. The van der Waals surface area contributed by atoms with Gasteiger partial charge in [-0.15, -0.1) is 11.3 Å². The van der Waals surface area contributed by atoms with Crippen molar-refractivity contribution in [1.82, 2.24) is 20.5 Å². The summed E-state index contributed by atoms with van der Waals surface area (Å²) in [5.41, 5.74) is 2.69. The molecule has 0 radical (unpaired) electrons. The van der Waals surface area contributed by atoms with E-state index < -0.39 is 6.04 Å². The van der Waals surface area contributed by atoms with Crippen LogP contribution in [0, 0.1) is 5.92 Å². The highest BCUT2D eigenvalue weighted by Gasteiger charge is 2.42. The molecule has 0 spiro atoms. The van der Waals surface area contributed by atoms with Crippen molar-refractivity contribution in [2.45, 2.75) is 94.9 Å². The lowest BCUT2D eigenvalue weighted by Gasteiger charge is -2.42. The van der Waals surface area contributed by atoms with Gasteiger partial charge < -0.3 is 15.5 Å². The molecule has 2 saturated carbocycles. The zero-order chi connectivity index (χ0) is 25.4. The minimum Gasteiger partial charge on any atom is -0.379 e. The average molecular weight is 522 g/mol. The summed E-state index contributed by atoms with van der Waals surface area (Å²) in [7, 11) is 0. The fraction of sp³-hybridized carbons (Fsp3) is 0.571. The lowest BCUT2D eigenvalue weighted by molar-refractivity contribution is -0.136. The third kappa shape index (κ3) is 5.29. The predicted molar refractivity (Wildman–Crippen MR) is 142 cm³/mol. The number of nitrogens with one attached hydrogen (secondary N) is 3. The van der Waals surface area contributed by atoms with Crippen LogP contribution in [0.15, 0.2) is 29.8 Å². The average Bonchev–Trinajstić information content (AvgIpc) is 3.47. The zero-order valence-corrected chi connectivity index (χ0v) is 21.9. The van der Waals surface area contributed by atoms with E-state index in [1.54, 1.807) is 16.2 Å². The Balaban J connectivity index is 1.17. The Hall–Kier alpha value is -2.78. The summed E-state index contributed by atoms with van der Waals surface area (Å²) < 4.78 is 0. The van der Waals surface area contributed by atoms with Crippen molar-refractivity contribution in [1.29, 1.82) is 0 Å². The van der Waals surface area contributed by atoms with Gasteiger partial charge in [-0.2, -0.15) is 0 Å². The molecule has 1 aromatic heterocycles. The van der Waals surface area contributed by atoms with Crippen molar-refractivity contribution in [2.24, 2.45) is 5.92 Å². The van der Waals surface area contributed by atoms with Crippen molar-refractivity contribution >= 4 is 34.7 Å². The minimum absolute atomic E-state index is 0.0160. The number of piperidine rings is 1. The van der Waals surface area contributed by atoms with Crippen LogP contribution in [-0.2, 0) is 22.7 Å². The summed E-state index contributed by atoms with van der Waals surface area (Å²) in [6.45, 7) is 1.23. The molecule has 9 heteroatoms. The number of hydrogen-bond acceptors (Lipinski definition) is 7. The monoisotopic (exact) mass is 521 g/mol. The van der Waals surface area contributed by atoms with Crippen molar-refractivity contribution in [3.8, 4) is 0 Å². The number of nitrogens with zero attached hydrogens (tertiary/aromatic N) is 2. The first kappa shape index (κ1) is 24.6. The molecule has 3 amide bonds. The molecule has 0 bridgehead atoms. The third-order valence-electron chi connectivity index (χ3n) is 8.68. The van der Waals surface area contributed by atoms with Crippen molar-refractivity contribution < 1.29 is 14.4 Å². The molecular weight excluding hydrogens is 486 g/mol. The van der Waals surface area contributed by atoms with E-state index in [1.807, 2.05) is 23.7 Å². The molecule has 1 saturated heterocycles. The second-order valence-electron chi connectivity index (χ2n) is 11.2. The molecule has 4 aliphatic rings. The molecule has 1 aromatic carbocycles. The van der Waals surface area contributed by atoms with Crippen LogP contribution in [0.25, 0.3) is 0 Å². The molecule has 196 valence electrons. The first-order valence-electron chi connectivity index (χ1n) is 13.7. The molecule has 2 aliphatic carbocycles. The van der Waals surface area contributed by atoms with Gasteiger partial charge in [0, 0.05) is 59.5 Å². The van der Waals surface area contributed by atoms with Gasteiger partial charge in [-0.05, 0) is 63.0 Å². The van der Waals surface area contributed by atoms with Crippen LogP contribution in [0.3, 0.4) is 0 Å². The standard InChI is InChI=1S/C28H35N5O3S/c34-24-7-6-23(26(35)31-24)33-17-21-20(27(33)36)2-1-3-22(21)32-28(11-8-18-4-5-18)12-9-19(10-13-28)30-16-25-29-14-15-37-25/h1-3,14-15,18-19,23,30,32H,4-13,16-17H2,(H,31,34,35). The minimum atomic E-state index is -0.589. The van der Waals surface area contributed by atoms with E-state index in [9.17, 15) is 14.4 Å². The highest BCUT2D eigenvalue weighted by molar-refractivity contribution is 7.09. The molecule has 6 rings (SSSR count). The highest BCUT2D eigenvalue weighted by Crippen LogP contribution is 2.43. The number of carbonyl (C=O) groups excluding carboxylic acids is 3. The van der Waals surface area contributed by atoms with Gasteiger partial charge in [-0.1, -0.05) is 18.9 Å². The van der Waals surface area contributed by atoms with Crippen LogP contribution < -0.4 is 16.0 Å². The van der Waals surface area contributed by atoms with Gasteiger partial charge in [0.15, 0.2) is 0 Å². The van der Waals surface area contributed by atoms with E-state index in [0.717, 1.165) is 60.8 Å². The van der Waals surface area contributed by atoms with E-state index >= 15 is 0 Å². The molecule has 1 atom stereocenters. The fourth-order valence-electron chi connectivity index (χ4n) is 6.26. The number of fused-ring (bicyclic) bond motifs is 1. The van der Waals surface area contributed by atoms with Crippen LogP contribution in [0.2, 0.25) is 0 Å². The van der Waals surface area contributed by atoms with E-state index in [4.69, 9.17) is 0 Å². The van der Waals surface area contributed by atoms with E-state index in [1.165, 1.54) is 19.3 Å². The second-order valence-corrected chi connectivity index (χ2v) is 12.2. The van der Waals surface area contributed by atoms with Crippen LogP contribution >= 0.6 is 11.3 Å². The maximum Gasteiger partial charge on any atom is 0.255 e. The van der Waals surface area contributed by atoms with Gasteiger partial charge in [0.05, 0.1) is 0 Å². The lowest BCUT2D eigenvalue weighted by atomic mass is 9.75. The third-order valence-corrected chi connectivity index (χ3v) is 9.46. The Morgan fingerprint density at radius 2 is 1.95 bits per heavy atom. The Morgan fingerprint density at radius 3 is 2.68 bits per heavy atom. The maximum absolute atomic E-state index is 13.3. The van der Waals surface area contributed by atoms with Gasteiger partial charge in [0.1, 0.15) is 11.0 Å². The highest BCUT2D eigenvalue weighted by atomic mass is 32.1. The Morgan fingerprint density at radius 1 is 1.11 bits per heavy atom. The van der Waals surface area contributed by atoms with Gasteiger partial charge in [0.2, 0.25) is 11.8 Å². The smallest absolute Gasteiger partial charge is 0.255 e. The zero-order valence-electron chi connectivity index (χ0n) is 21.1. The van der Waals surface area contributed by atoms with E-state index in [0.29, 0.717) is 24.6 Å². The first-order chi connectivity index (χ1) is 18.0. The normalized spacial score (nSPS) is 27.8. The Labute approximate surface area is 221 Å². The Bertz CT molecular complexity index is 1170. The number of rotatable bonds is 9. The fourth-order valence-corrected chi connectivity index (χ4v) is 6.83. The van der Waals surface area contributed by atoms with Crippen LogP contribution in [0.4, 0.5) is 5.69 Å². The summed E-state index contributed by atoms with van der Waals surface area (Å²) in [4.78, 5) is 43.5. The first-order valence-corrected chi connectivity index (χ1v) is 14.5. The molecule has 3 heterocycles. The number of carbonyl (C=O) groups is 3. The van der Waals surface area contributed by atoms with Gasteiger partial charge in [0.25, 0.3) is 5.91 Å². The molecule has 3 N–H and O–H groups in total. The number of imide groups is 1. The van der Waals surface area contributed by atoms with Crippen LogP contribution in [0.1, 0.15) is 85.1 Å². The number of aromatic nitrogens is 1. The molecule has 1 unspecified atom stereocenters. The largest absolute Gasteiger partial charge is 0.379 e. The van der Waals surface area contributed by atoms with E-state index in [2.05, 4.69) is 27.0 Å². The Kier molecular flexibility index (Phi) is 6.75. The number of thiazole rings is 1. The summed E-state index contributed by atoms with van der Waals surface area (Å²) in [5, 5.41) is 13.2. The number of hydrogen-bond donors (Lipinski definition) is 3. The molecular formula is C28H35N5O3S. The number of amides is 3. The quantitative estimate of drug-likeness (QED) is 0.432. The lowest BCUT2D eigenvalue weighted by Crippen LogP contribution is -2.52. The van der Waals surface area contributed by atoms with E-state index in [-0.39, 0.29) is 29.7 Å². The molecule has 2 aromatic rings. The number of anilines is 1. The molecule has 2 aliphatic heterocycles. The molecule has 3 fully saturated rings.